The lowest BCUT2D eigenvalue weighted by atomic mass is 10.1. The molecule has 2 aromatic rings. The van der Waals surface area contributed by atoms with E-state index in [1.165, 1.54) is 12.1 Å². The van der Waals surface area contributed by atoms with Crippen molar-refractivity contribution in [1.29, 1.82) is 0 Å². The van der Waals surface area contributed by atoms with E-state index in [4.69, 9.17) is 4.74 Å². The molecule has 0 radical (unpaired) electrons. The molecule has 3 rings (SSSR count). The number of hydrogen-bond donors (Lipinski definition) is 1. The van der Waals surface area contributed by atoms with Crippen molar-refractivity contribution >= 4 is 23.2 Å². The summed E-state index contributed by atoms with van der Waals surface area (Å²) >= 11 is 0. The van der Waals surface area contributed by atoms with Crippen LogP contribution in [0.1, 0.15) is 12.8 Å². The molecule has 0 saturated carbocycles. The number of pyridine rings is 1. The summed E-state index contributed by atoms with van der Waals surface area (Å²) in [7, 11) is 1.53. The van der Waals surface area contributed by atoms with Crippen LogP contribution in [0.15, 0.2) is 53.8 Å². The van der Waals surface area contributed by atoms with Gasteiger partial charge in [-0.1, -0.05) is 18.2 Å². The highest BCUT2D eigenvalue weighted by molar-refractivity contribution is 6.43. The Labute approximate surface area is 139 Å². The smallest absolute Gasteiger partial charge is 0.272 e. The number of rotatable bonds is 4. The Hall–Kier alpha value is -3.22. The van der Waals surface area contributed by atoms with Crippen molar-refractivity contribution in [2.24, 2.45) is 5.10 Å². The molecule has 2 heterocycles. The normalized spacial score (nSPS) is 14.1. The van der Waals surface area contributed by atoms with E-state index < -0.39 is 0 Å². The minimum atomic E-state index is -0.375. The maximum absolute atomic E-state index is 12.4. The van der Waals surface area contributed by atoms with Crippen LogP contribution in [0.4, 0.5) is 5.69 Å². The zero-order valence-corrected chi connectivity index (χ0v) is 13.1. The number of hydrazone groups is 1. The molecule has 0 bridgehead atoms. The van der Waals surface area contributed by atoms with Crippen molar-refractivity contribution in [2.45, 2.75) is 12.8 Å². The molecule has 122 valence electrons. The fraction of sp³-hybridized carbons (Fsp3) is 0.176. The third kappa shape index (κ3) is 3.57. The molecule has 0 unspecified atom stereocenters. The zero-order valence-electron chi connectivity index (χ0n) is 13.1. The Morgan fingerprint density at radius 2 is 1.96 bits per heavy atom. The largest absolute Gasteiger partial charge is 0.437 e. The standard InChI is InChI=1S/C17H16N4O3/c1-21-15(22)10-9-13(20-21)16(23)19-14-8-5-11-18-17(14)24-12-6-3-2-4-7-12/h2-8,11H,9-10H2,1H3,(H,19,23). The predicted octanol–water partition coefficient (Wildman–Crippen LogP) is 2.42. The van der Waals surface area contributed by atoms with Gasteiger partial charge in [0.1, 0.15) is 17.1 Å². The summed E-state index contributed by atoms with van der Waals surface area (Å²) in [4.78, 5) is 28.0. The van der Waals surface area contributed by atoms with Gasteiger partial charge in [0.05, 0.1) is 0 Å². The Kier molecular flexibility index (Phi) is 4.51. The molecule has 1 aromatic carbocycles. The molecule has 0 saturated heterocycles. The number of benzene rings is 1. The van der Waals surface area contributed by atoms with E-state index in [-0.39, 0.29) is 24.1 Å². The summed E-state index contributed by atoms with van der Waals surface area (Å²) in [6, 6.07) is 12.6. The van der Waals surface area contributed by atoms with Gasteiger partial charge in [0.15, 0.2) is 0 Å². The summed E-state index contributed by atoms with van der Waals surface area (Å²) in [5, 5.41) is 7.92. The molecule has 7 heteroatoms. The highest BCUT2D eigenvalue weighted by atomic mass is 16.5. The zero-order chi connectivity index (χ0) is 16.9. The van der Waals surface area contributed by atoms with Crippen LogP contribution in [-0.2, 0) is 9.59 Å². The molecule has 0 spiro atoms. The quantitative estimate of drug-likeness (QED) is 0.936. The number of aromatic nitrogens is 1. The summed E-state index contributed by atoms with van der Waals surface area (Å²) in [6.45, 7) is 0. The number of nitrogens with one attached hydrogen (secondary N) is 1. The van der Waals surface area contributed by atoms with Crippen molar-refractivity contribution in [2.75, 3.05) is 12.4 Å². The maximum Gasteiger partial charge on any atom is 0.272 e. The van der Waals surface area contributed by atoms with Gasteiger partial charge in [-0.25, -0.2) is 9.99 Å². The molecular weight excluding hydrogens is 308 g/mol. The maximum atomic E-state index is 12.4. The van der Waals surface area contributed by atoms with Crippen LogP contribution in [0.5, 0.6) is 11.6 Å². The van der Waals surface area contributed by atoms with Crippen LogP contribution < -0.4 is 10.1 Å². The first kappa shape index (κ1) is 15.7. The lowest BCUT2D eigenvalue weighted by Gasteiger charge is -2.19. The van der Waals surface area contributed by atoms with Gasteiger partial charge >= 0.3 is 0 Å². The number of carbonyl (C=O) groups is 2. The van der Waals surface area contributed by atoms with Gasteiger partial charge < -0.3 is 10.1 Å². The van der Waals surface area contributed by atoms with E-state index in [2.05, 4.69) is 15.4 Å². The second-order valence-electron chi connectivity index (χ2n) is 5.19. The van der Waals surface area contributed by atoms with Crippen molar-refractivity contribution in [3.8, 4) is 11.6 Å². The first-order chi connectivity index (χ1) is 11.6. The van der Waals surface area contributed by atoms with Gasteiger partial charge in [0, 0.05) is 26.1 Å². The minimum Gasteiger partial charge on any atom is -0.437 e. The van der Waals surface area contributed by atoms with Crippen molar-refractivity contribution in [1.82, 2.24) is 9.99 Å². The van der Waals surface area contributed by atoms with Gasteiger partial charge in [0.25, 0.3) is 5.91 Å². The first-order valence-electron chi connectivity index (χ1n) is 7.47. The third-order valence-electron chi connectivity index (χ3n) is 3.45. The van der Waals surface area contributed by atoms with Crippen molar-refractivity contribution in [3.63, 3.8) is 0 Å². The first-order valence-corrected chi connectivity index (χ1v) is 7.47. The van der Waals surface area contributed by atoms with Crippen LogP contribution in [0, 0.1) is 0 Å². The molecule has 0 aliphatic carbocycles. The van der Waals surface area contributed by atoms with Gasteiger partial charge in [0.2, 0.25) is 11.8 Å². The van der Waals surface area contributed by atoms with Crippen LogP contribution in [0.3, 0.4) is 0 Å². The summed E-state index contributed by atoms with van der Waals surface area (Å²) in [5.41, 5.74) is 0.736. The average Bonchev–Trinajstić information content (AvgIpc) is 2.60. The second kappa shape index (κ2) is 6.91. The van der Waals surface area contributed by atoms with Gasteiger partial charge in [-0.2, -0.15) is 5.10 Å². The lowest BCUT2D eigenvalue weighted by molar-refractivity contribution is -0.130. The summed E-state index contributed by atoms with van der Waals surface area (Å²) in [6.07, 6.45) is 2.16. The molecule has 1 aromatic heterocycles. The van der Waals surface area contributed by atoms with Crippen molar-refractivity contribution < 1.29 is 14.3 Å². The van der Waals surface area contributed by atoms with Crippen LogP contribution in [-0.4, -0.2) is 34.6 Å². The minimum absolute atomic E-state index is 0.110. The molecule has 2 amide bonds. The van der Waals surface area contributed by atoms with E-state index in [1.807, 2.05) is 18.2 Å². The van der Waals surface area contributed by atoms with E-state index in [9.17, 15) is 9.59 Å². The Balaban J connectivity index is 1.77. The van der Waals surface area contributed by atoms with Crippen LogP contribution in [0.25, 0.3) is 0 Å². The fourth-order valence-electron chi connectivity index (χ4n) is 2.19. The molecule has 1 aliphatic heterocycles. The highest BCUT2D eigenvalue weighted by Crippen LogP contribution is 2.26. The predicted molar refractivity (Wildman–Crippen MR) is 88.8 cm³/mol. The molecular formula is C17H16N4O3. The number of hydrogen-bond acceptors (Lipinski definition) is 5. The SMILES string of the molecule is CN1N=C(C(=O)Nc2cccnc2Oc2ccccc2)CCC1=O. The number of anilines is 1. The molecule has 0 atom stereocenters. The van der Waals surface area contributed by atoms with E-state index in [1.54, 1.807) is 30.5 Å². The number of carbonyl (C=O) groups excluding carboxylic acids is 2. The molecule has 0 fully saturated rings. The Morgan fingerprint density at radius 3 is 2.71 bits per heavy atom. The molecule has 24 heavy (non-hydrogen) atoms. The second-order valence-corrected chi connectivity index (χ2v) is 5.19. The third-order valence-corrected chi connectivity index (χ3v) is 3.45. The van der Waals surface area contributed by atoms with E-state index in [0.717, 1.165) is 0 Å². The number of para-hydroxylation sites is 1. The van der Waals surface area contributed by atoms with Crippen LogP contribution >= 0.6 is 0 Å². The van der Waals surface area contributed by atoms with E-state index in [0.29, 0.717) is 23.6 Å². The number of ether oxygens (including phenoxy) is 1. The molecule has 1 aliphatic rings. The summed E-state index contributed by atoms with van der Waals surface area (Å²) < 4.78 is 5.71. The number of nitrogens with zero attached hydrogens (tertiary/aromatic N) is 3. The van der Waals surface area contributed by atoms with Gasteiger partial charge in [-0.3, -0.25) is 9.59 Å². The van der Waals surface area contributed by atoms with Crippen molar-refractivity contribution in [3.05, 3.63) is 48.7 Å². The van der Waals surface area contributed by atoms with Crippen LogP contribution in [0.2, 0.25) is 0 Å². The van der Waals surface area contributed by atoms with Gasteiger partial charge in [-0.05, 0) is 24.3 Å². The molecule has 1 N–H and O–H groups in total. The monoisotopic (exact) mass is 324 g/mol. The van der Waals surface area contributed by atoms with E-state index >= 15 is 0 Å². The fourth-order valence-corrected chi connectivity index (χ4v) is 2.19. The topological polar surface area (TPSA) is 83.9 Å². The summed E-state index contributed by atoms with van der Waals surface area (Å²) in [5.74, 6) is 0.422. The lowest BCUT2D eigenvalue weighted by Crippen LogP contribution is -2.34. The highest BCUT2D eigenvalue weighted by Gasteiger charge is 2.22. The van der Waals surface area contributed by atoms with Gasteiger partial charge in [-0.15, -0.1) is 0 Å². The number of amides is 2. The molecule has 7 nitrogen and oxygen atoms in total. The Morgan fingerprint density at radius 1 is 1.17 bits per heavy atom. The average molecular weight is 324 g/mol. The Bertz CT molecular complexity index is 789.